The van der Waals surface area contributed by atoms with Crippen LogP contribution in [-0.4, -0.2) is 17.9 Å². The second-order valence-electron chi connectivity index (χ2n) is 7.19. The van der Waals surface area contributed by atoms with Gasteiger partial charge in [-0.2, -0.15) is 0 Å². The van der Waals surface area contributed by atoms with Gasteiger partial charge in [0, 0.05) is 11.0 Å². The van der Waals surface area contributed by atoms with E-state index in [4.69, 9.17) is 0 Å². The molecule has 0 aliphatic heterocycles. The largest absolute Gasteiger partial charge is 0.350 e. The fourth-order valence-corrected chi connectivity index (χ4v) is 4.00. The third-order valence-corrected chi connectivity index (χ3v) is 5.87. The summed E-state index contributed by atoms with van der Waals surface area (Å²) in [7, 11) is 0. The quantitative estimate of drug-likeness (QED) is 0.727. The van der Waals surface area contributed by atoms with Crippen molar-refractivity contribution >= 4 is 27.7 Å². The van der Waals surface area contributed by atoms with Crippen LogP contribution in [0.1, 0.15) is 43.7 Å². The zero-order valence-corrected chi connectivity index (χ0v) is 17.1. The van der Waals surface area contributed by atoms with Crippen LogP contribution in [0, 0.1) is 0 Å². The number of carbonyl (C=O) groups is 2. The lowest BCUT2D eigenvalue weighted by atomic mass is 9.78. The molecule has 1 fully saturated rings. The average molecular weight is 429 g/mol. The van der Waals surface area contributed by atoms with Gasteiger partial charge in [-0.15, -0.1) is 0 Å². The molecule has 1 unspecified atom stereocenters. The van der Waals surface area contributed by atoms with Crippen LogP contribution in [0.2, 0.25) is 0 Å². The molecule has 0 bridgehead atoms. The number of amides is 2. The maximum atomic E-state index is 13.1. The van der Waals surface area contributed by atoms with Crippen molar-refractivity contribution in [1.82, 2.24) is 10.6 Å². The highest BCUT2D eigenvalue weighted by molar-refractivity contribution is 9.10. The second-order valence-corrected chi connectivity index (χ2v) is 8.11. The first-order chi connectivity index (χ1) is 13.0. The van der Waals surface area contributed by atoms with Gasteiger partial charge < -0.3 is 10.6 Å². The van der Waals surface area contributed by atoms with Gasteiger partial charge in [-0.3, -0.25) is 9.59 Å². The maximum absolute atomic E-state index is 13.1. The highest BCUT2D eigenvalue weighted by Gasteiger charge is 2.43. The molecular formula is C22H25BrN2O2. The van der Waals surface area contributed by atoms with Gasteiger partial charge in [-0.05, 0) is 43.0 Å². The molecule has 142 valence electrons. The van der Waals surface area contributed by atoms with E-state index in [9.17, 15) is 9.59 Å². The molecule has 1 aliphatic carbocycles. The molecule has 1 aliphatic rings. The number of benzene rings is 2. The Balaban J connectivity index is 1.64. The minimum absolute atomic E-state index is 0.0512. The smallest absolute Gasteiger partial charge is 0.242 e. The Labute approximate surface area is 168 Å². The van der Waals surface area contributed by atoms with Crippen molar-refractivity contribution in [3.63, 3.8) is 0 Å². The Hall–Kier alpha value is -2.14. The summed E-state index contributed by atoms with van der Waals surface area (Å²) in [6, 6.07) is 17.1. The molecule has 27 heavy (non-hydrogen) atoms. The van der Waals surface area contributed by atoms with E-state index in [-0.39, 0.29) is 11.8 Å². The zero-order chi connectivity index (χ0) is 19.3. The van der Waals surface area contributed by atoms with Crippen LogP contribution in [0.4, 0.5) is 0 Å². The molecule has 0 heterocycles. The minimum Gasteiger partial charge on any atom is -0.350 e. The molecule has 4 nitrogen and oxygen atoms in total. The molecule has 0 spiro atoms. The summed E-state index contributed by atoms with van der Waals surface area (Å²) >= 11 is 3.45. The molecule has 0 aromatic heterocycles. The summed E-state index contributed by atoms with van der Waals surface area (Å²) in [6.45, 7) is 2.19. The number of hydrogen-bond donors (Lipinski definition) is 2. The van der Waals surface area contributed by atoms with Gasteiger partial charge >= 0.3 is 0 Å². The van der Waals surface area contributed by atoms with Crippen LogP contribution in [0.25, 0.3) is 0 Å². The number of hydrogen-bond acceptors (Lipinski definition) is 2. The van der Waals surface area contributed by atoms with Gasteiger partial charge in [0.2, 0.25) is 11.8 Å². The fourth-order valence-electron chi connectivity index (χ4n) is 3.73. The van der Waals surface area contributed by atoms with Gasteiger partial charge in [0.25, 0.3) is 0 Å². The zero-order valence-electron chi connectivity index (χ0n) is 15.5. The number of rotatable bonds is 6. The van der Waals surface area contributed by atoms with Gasteiger partial charge in [0.1, 0.15) is 6.04 Å². The lowest BCUT2D eigenvalue weighted by molar-refractivity contribution is -0.131. The molecule has 0 saturated heterocycles. The molecule has 1 saturated carbocycles. The molecule has 3 rings (SSSR count). The summed E-state index contributed by atoms with van der Waals surface area (Å²) in [4.78, 5) is 25.6. The minimum atomic E-state index is -0.575. The van der Waals surface area contributed by atoms with E-state index in [1.54, 1.807) is 6.92 Å². The van der Waals surface area contributed by atoms with Crippen LogP contribution >= 0.6 is 15.9 Å². The van der Waals surface area contributed by atoms with Crippen molar-refractivity contribution < 1.29 is 9.59 Å². The first-order valence-electron chi connectivity index (χ1n) is 9.40. The third-order valence-electron chi connectivity index (χ3n) is 5.34. The van der Waals surface area contributed by atoms with Crippen LogP contribution < -0.4 is 10.6 Å². The lowest BCUT2D eigenvalue weighted by Gasteiger charge is -2.30. The maximum Gasteiger partial charge on any atom is 0.242 e. The predicted octanol–water partition coefficient (Wildman–Crippen LogP) is 4.08. The SMILES string of the molecule is CC(NC(=O)C1(c2ccc(Br)cc2)CCCC1)C(=O)NCc1ccccc1. The molecule has 0 radical (unpaired) electrons. The van der Waals surface area contributed by atoms with Gasteiger partial charge in [0.05, 0.1) is 5.41 Å². The molecular weight excluding hydrogens is 404 g/mol. The Kier molecular flexibility index (Phi) is 6.32. The van der Waals surface area contributed by atoms with E-state index in [0.29, 0.717) is 6.54 Å². The summed E-state index contributed by atoms with van der Waals surface area (Å²) in [5.74, 6) is -0.221. The van der Waals surface area contributed by atoms with Gasteiger partial charge in [-0.1, -0.05) is 71.2 Å². The fraction of sp³-hybridized carbons (Fsp3) is 0.364. The highest BCUT2D eigenvalue weighted by atomic mass is 79.9. The number of carbonyl (C=O) groups excluding carboxylic acids is 2. The Morgan fingerprint density at radius 2 is 1.67 bits per heavy atom. The number of halogens is 1. The number of nitrogens with one attached hydrogen (secondary N) is 2. The van der Waals surface area contributed by atoms with Crippen molar-refractivity contribution in [1.29, 1.82) is 0 Å². The first kappa shape index (κ1) is 19.6. The normalized spacial score (nSPS) is 16.5. The van der Waals surface area contributed by atoms with Crippen LogP contribution in [0.15, 0.2) is 59.1 Å². The van der Waals surface area contributed by atoms with E-state index in [1.807, 2.05) is 54.6 Å². The van der Waals surface area contributed by atoms with Crippen molar-refractivity contribution in [2.45, 2.75) is 50.6 Å². The molecule has 2 N–H and O–H groups in total. The van der Waals surface area contributed by atoms with Crippen molar-refractivity contribution in [3.8, 4) is 0 Å². The van der Waals surface area contributed by atoms with Crippen LogP contribution in [0.3, 0.4) is 0 Å². The third kappa shape index (κ3) is 4.59. The monoisotopic (exact) mass is 428 g/mol. The predicted molar refractivity (Wildman–Crippen MR) is 110 cm³/mol. The summed E-state index contributed by atoms with van der Waals surface area (Å²) in [5, 5.41) is 5.84. The Morgan fingerprint density at radius 1 is 1.04 bits per heavy atom. The average Bonchev–Trinajstić information content (AvgIpc) is 3.18. The molecule has 2 aromatic carbocycles. The van der Waals surface area contributed by atoms with Crippen LogP contribution in [0.5, 0.6) is 0 Å². The van der Waals surface area contributed by atoms with Crippen molar-refractivity contribution in [2.75, 3.05) is 0 Å². The standard InChI is InChI=1S/C22H25BrN2O2/c1-16(20(26)24-15-17-7-3-2-4-8-17)25-21(27)22(13-5-6-14-22)18-9-11-19(23)12-10-18/h2-4,7-12,16H,5-6,13-15H2,1H3,(H,24,26)(H,25,27). The highest BCUT2D eigenvalue weighted by Crippen LogP contribution is 2.41. The molecule has 1 atom stereocenters. The lowest BCUT2D eigenvalue weighted by Crippen LogP contribution is -2.51. The molecule has 2 amide bonds. The van der Waals surface area contributed by atoms with E-state index in [0.717, 1.165) is 41.3 Å². The molecule has 2 aromatic rings. The summed E-state index contributed by atoms with van der Waals surface area (Å²) in [6.07, 6.45) is 3.69. The Morgan fingerprint density at radius 3 is 2.30 bits per heavy atom. The van der Waals surface area contributed by atoms with Crippen molar-refractivity contribution in [3.05, 3.63) is 70.2 Å². The van der Waals surface area contributed by atoms with E-state index < -0.39 is 11.5 Å². The summed E-state index contributed by atoms with van der Waals surface area (Å²) < 4.78 is 0.994. The van der Waals surface area contributed by atoms with E-state index in [2.05, 4.69) is 26.6 Å². The van der Waals surface area contributed by atoms with Gasteiger partial charge in [-0.25, -0.2) is 0 Å². The second kappa shape index (κ2) is 8.70. The van der Waals surface area contributed by atoms with E-state index >= 15 is 0 Å². The Bertz CT molecular complexity index is 784. The van der Waals surface area contributed by atoms with E-state index in [1.165, 1.54) is 0 Å². The van der Waals surface area contributed by atoms with Gasteiger partial charge in [0.15, 0.2) is 0 Å². The molecule has 5 heteroatoms. The summed E-state index contributed by atoms with van der Waals surface area (Å²) in [5.41, 5.74) is 1.53. The van der Waals surface area contributed by atoms with Crippen LogP contribution in [-0.2, 0) is 21.5 Å². The van der Waals surface area contributed by atoms with Crippen molar-refractivity contribution in [2.24, 2.45) is 0 Å². The first-order valence-corrected chi connectivity index (χ1v) is 10.2. The topological polar surface area (TPSA) is 58.2 Å².